The molecule has 1 atom stereocenters. The monoisotopic (exact) mass is 276 g/mol. The van der Waals surface area contributed by atoms with E-state index in [-0.39, 0.29) is 0 Å². The lowest BCUT2D eigenvalue weighted by atomic mass is 10.2. The predicted octanol–water partition coefficient (Wildman–Crippen LogP) is -1.47. The lowest BCUT2D eigenvalue weighted by Crippen LogP contribution is -2.50. The highest BCUT2D eigenvalue weighted by molar-refractivity contribution is 5.85. The number of aliphatic hydroxyl groups excluding tert-OH is 1. The van der Waals surface area contributed by atoms with Gasteiger partial charge in [0.25, 0.3) is 0 Å². The third-order valence-corrected chi connectivity index (χ3v) is 2.60. The van der Waals surface area contributed by atoms with E-state index in [1.54, 1.807) is 0 Å². The van der Waals surface area contributed by atoms with Crippen LogP contribution >= 0.6 is 0 Å². The highest BCUT2D eigenvalue weighted by Crippen LogP contribution is 2.01. The highest BCUT2D eigenvalue weighted by Gasteiger charge is 2.24. The van der Waals surface area contributed by atoms with Crippen LogP contribution in [0.2, 0.25) is 0 Å². The van der Waals surface area contributed by atoms with E-state index >= 15 is 0 Å². The van der Waals surface area contributed by atoms with Crippen molar-refractivity contribution in [3.8, 4) is 0 Å². The van der Waals surface area contributed by atoms with Gasteiger partial charge in [-0.3, -0.25) is 4.79 Å². The van der Waals surface area contributed by atoms with E-state index in [0.29, 0.717) is 32.6 Å². The molecule has 0 aliphatic heterocycles. The molecule has 0 aromatic heterocycles. The Morgan fingerprint density at radius 1 is 1.11 bits per heavy atom. The van der Waals surface area contributed by atoms with Gasteiger partial charge in [0.15, 0.2) is 0 Å². The number of nitrogens with zero attached hydrogens (tertiary/aromatic N) is 1. The van der Waals surface area contributed by atoms with Crippen molar-refractivity contribution in [1.82, 2.24) is 10.2 Å². The average molecular weight is 276 g/mol. The molecular formula is C11H24N4O4. The Hall–Kier alpha value is -1.38. The second-order valence-corrected chi connectivity index (χ2v) is 4.15. The summed E-state index contributed by atoms with van der Waals surface area (Å²) in [6, 6.07) is -1.13. The van der Waals surface area contributed by atoms with Gasteiger partial charge in [0.05, 0.1) is 6.61 Å². The fourth-order valence-electron chi connectivity index (χ4n) is 1.62. The first-order chi connectivity index (χ1) is 9.06. The van der Waals surface area contributed by atoms with Gasteiger partial charge < -0.3 is 31.9 Å². The number of aliphatic hydroxyl groups is 1. The van der Waals surface area contributed by atoms with Gasteiger partial charge in [-0.25, -0.2) is 4.79 Å². The van der Waals surface area contributed by atoms with Gasteiger partial charge in [0, 0.05) is 13.1 Å². The summed E-state index contributed by atoms with van der Waals surface area (Å²) in [5.74, 6) is -0.435. The van der Waals surface area contributed by atoms with Crippen LogP contribution in [0.3, 0.4) is 0 Å². The molecule has 0 bridgehead atoms. The molecule has 1 unspecified atom stereocenters. The van der Waals surface area contributed by atoms with Crippen molar-refractivity contribution in [2.24, 2.45) is 11.5 Å². The summed E-state index contributed by atoms with van der Waals surface area (Å²) < 4.78 is 0. The molecule has 0 radical (unpaired) electrons. The van der Waals surface area contributed by atoms with E-state index in [1.165, 1.54) is 4.90 Å². The summed E-state index contributed by atoms with van der Waals surface area (Å²) in [7, 11) is 0. The van der Waals surface area contributed by atoms with Gasteiger partial charge in [0.2, 0.25) is 5.91 Å². The second kappa shape index (κ2) is 10.5. The first-order valence-electron chi connectivity index (χ1n) is 6.36. The maximum Gasteiger partial charge on any atom is 0.405 e. The Morgan fingerprint density at radius 3 is 2.16 bits per heavy atom. The molecule has 0 aromatic rings. The van der Waals surface area contributed by atoms with Crippen molar-refractivity contribution in [2.75, 3.05) is 32.8 Å². The normalized spacial score (nSPS) is 11.9. The van der Waals surface area contributed by atoms with E-state index in [9.17, 15) is 9.59 Å². The first kappa shape index (κ1) is 17.6. The number of nitrogens with two attached hydrogens (primary N) is 2. The molecule has 8 heteroatoms. The molecule has 112 valence electrons. The molecule has 19 heavy (non-hydrogen) atoms. The SMILES string of the molecule is NCCCCN(CCCN)C(=O)C(CO)NC(=O)O. The number of unbranched alkanes of at least 4 members (excludes halogenated alkanes) is 1. The summed E-state index contributed by atoms with van der Waals surface area (Å²) in [6.45, 7) is 1.33. The number of amides is 2. The summed E-state index contributed by atoms with van der Waals surface area (Å²) in [5, 5.41) is 19.7. The fourth-order valence-corrected chi connectivity index (χ4v) is 1.62. The van der Waals surface area contributed by atoms with Crippen molar-refractivity contribution in [3.05, 3.63) is 0 Å². The molecule has 7 N–H and O–H groups in total. The van der Waals surface area contributed by atoms with Crippen LogP contribution in [-0.4, -0.2) is 65.9 Å². The largest absolute Gasteiger partial charge is 0.465 e. The molecule has 2 amide bonds. The Kier molecular flexibility index (Phi) is 9.77. The predicted molar refractivity (Wildman–Crippen MR) is 70.6 cm³/mol. The summed E-state index contributed by atoms with van der Waals surface area (Å²) in [6.07, 6.45) is 0.799. The summed E-state index contributed by atoms with van der Waals surface area (Å²) in [5.41, 5.74) is 10.8. The number of carbonyl (C=O) groups excluding carboxylic acids is 1. The van der Waals surface area contributed by atoms with Gasteiger partial charge in [-0.15, -0.1) is 0 Å². The molecule has 0 fully saturated rings. The van der Waals surface area contributed by atoms with Crippen LogP contribution in [0.15, 0.2) is 0 Å². The smallest absolute Gasteiger partial charge is 0.405 e. The van der Waals surface area contributed by atoms with Crippen molar-refractivity contribution < 1.29 is 19.8 Å². The molecule has 0 saturated carbocycles. The van der Waals surface area contributed by atoms with Crippen LogP contribution in [0.5, 0.6) is 0 Å². The minimum atomic E-state index is -1.34. The zero-order valence-electron chi connectivity index (χ0n) is 11.0. The highest BCUT2D eigenvalue weighted by atomic mass is 16.4. The molecule has 0 rings (SSSR count). The third kappa shape index (κ3) is 7.60. The molecule has 0 aliphatic carbocycles. The van der Waals surface area contributed by atoms with Crippen LogP contribution in [0.4, 0.5) is 4.79 Å². The quantitative estimate of drug-likeness (QED) is 0.308. The van der Waals surface area contributed by atoms with E-state index in [0.717, 1.165) is 12.8 Å². The Labute approximate surface area is 112 Å². The number of hydrogen-bond donors (Lipinski definition) is 5. The van der Waals surface area contributed by atoms with Crippen LogP contribution in [0.1, 0.15) is 19.3 Å². The second-order valence-electron chi connectivity index (χ2n) is 4.15. The maximum absolute atomic E-state index is 12.1. The number of carboxylic acid groups (broad SMARTS) is 1. The number of rotatable bonds is 10. The van der Waals surface area contributed by atoms with Gasteiger partial charge in [-0.1, -0.05) is 0 Å². The van der Waals surface area contributed by atoms with Gasteiger partial charge in [-0.05, 0) is 32.4 Å². The summed E-state index contributed by atoms with van der Waals surface area (Å²) >= 11 is 0. The number of nitrogens with one attached hydrogen (secondary N) is 1. The van der Waals surface area contributed by atoms with E-state index in [4.69, 9.17) is 21.7 Å². The van der Waals surface area contributed by atoms with Gasteiger partial charge >= 0.3 is 6.09 Å². The van der Waals surface area contributed by atoms with E-state index < -0.39 is 24.6 Å². The molecule has 0 saturated heterocycles. The number of carbonyl (C=O) groups is 2. The fraction of sp³-hybridized carbons (Fsp3) is 0.818. The standard InChI is InChI=1S/C11H24N4O4/c12-4-1-2-6-15(7-3-5-13)10(17)9(8-16)14-11(18)19/h9,14,16H,1-8,12-13H2,(H,18,19). The lowest BCUT2D eigenvalue weighted by molar-refractivity contribution is -0.134. The molecule has 0 aliphatic rings. The average Bonchev–Trinajstić information content (AvgIpc) is 2.39. The molecule has 0 heterocycles. The molecular weight excluding hydrogens is 252 g/mol. The van der Waals surface area contributed by atoms with Crippen LogP contribution in [0, 0.1) is 0 Å². The van der Waals surface area contributed by atoms with Gasteiger partial charge in [0.1, 0.15) is 6.04 Å². The zero-order chi connectivity index (χ0) is 14.7. The van der Waals surface area contributed by atoms with Crippen molar-refractivity contribution in [3.63, 3.8) is 0 Å². The zero-order valence-corrected chi connectivity index (χ0v) is 11.0. The number of hydrogen-bond acceptors (Lipinski definition) is 5. The lowest BCUT2D eigenvalue weighted by Gasteiger charge is -2.26. The molecule has 0 aromatic carbocycles. The minimum Gasteiger partial charge on any atom is -0.465 e. The maximum atomic E-state index is 12.1. The van der Waals surface area contributed by atoms with Crippen LogP contribution < -0.4 is 16.8 Å². The first-order valence-corrected chi connectivity index (χ1v) is 6.36. The van der Waals surface area contributed by atoms with Crippen molar-refractivity contribution >= 4 is 12.0 Å². The molecule has 8 nitrogen and oxygen atoms in total. The Balaban J connectivity index is 4.50. The van der Waals surface area contributed by atoms with E-state index in [2.05, 4.69) is 0 Å². The topological polar surface area (TPSA) is 142 Å². The van der Waals surface area contributed by atoms with Gasteiger partial charge in [-0.2, -0.15) is 0 Å². The van der Waals surface area contributed by atoms with Crippen LogP contribution in [-0.2, 0) is 4.79 Å². The minimum absolute atomic E-state index is 0.435. The molecule has 0 spiro atoms. The van der Waals surface area contributed by atoms with Crippen molar-refractivity contribution in [2.45, 2.75) is 25.3 Å². The van der Waals surface area contributed by atoms with Crippen LogP contribution in [0.25, 0.3) is 0 Å². The third-order valence-electron chi connectivity index (χ3n) is 2.60. The Bertz CT molecular complexity index is 275. The Morgan fingerprint density at radius 2 is 1.68 bits per heavy atom. The summed E-state index contributed by atoms with van der Waals surface area (Å²) in [4.78, 5) is 24.1. The van der Waals surface area contributed by atoms with Crippen molar-refractivity contribution in [1.29, 1.82) is 0 Å². The van der Waals surface area contributed by atoms with E-state index in [1.807, 2.05) is 5.32 Å².